The number of nitrogens with zero attached hydrogens (tertiary/aromatic N) is 4. The maximum Gasteiger partial charge on any atom is 0.317 e. The van der Waals surface area contributed by atoms with E-state index < -0.39 is 33.6 Å². The molecule has 0 spiro atoms. The van der Waals surface area contributed by atoms with E-state index in [4.69, 9.17) is 20.5 Å². The summed E-state index contributed by atoms with van der Waals surface area (Å²) >= 11 is 0.798. The molecule has 1 amide bonds. The van der Waals surface area contributed by atoms with E-state index in [2.05, 4.69) is 30.6 Å². The molecule has 2 heterocycles. The molecule has 1 unspecified atom stereocenters. The highest BCUT2D eigenvalue weighted by Crippen LogP contribution is 2.29. The number of carbonyl (C=O) groups excluding carboxylic acids is 1. The molecule has 6 N–H and O–H groups in total. The number of nitrogens with one attached hydrogen (secondary N) is 4. The summed E-state index contributed by atoms with van der Waals surface area (Å²) in [5, 5.41) is 35.4. The van der Waals surface area contributed by atoms with Crippen molar-refractivity contribution in [1.82, 2.24) is 25.0 Å². The number of carbonyl (C=O) groups is 3. The van der Waals surface area contributed by atoms with Gasteiger partial charge in [0.1, 0.15) is 11.1 Å². The lowest BCUT2D eigenvalue weighted by Gasteiger charge is -2.28. The van der Waals surface area contributed by atoms with Crippen LogP contribution in [0.4, 0.5) is 11.8 Å². The predicted octanol–water partition coefficient (Wildman–Crippen LogP) is 3.97. The largest absolute Gasteiger partial charge is 0.481 e. The van der Waals surface area contributed by atoms with E-state index in [1.165, 1.54) is 12.1 Å². The number of rotatable bonds is 21. The minimum atomic E-state index is -3.69. The first-order valence-corrected chi connectivity index (χ1v) is 19.7. The Balaban J connectivity index is 1.20. The Morgan fingerprint density at radius 2 is 1.65 bits per heavy atom. The molecule has 0 radical (unpaired) electrons. The number of sulfonamides is 1. The molecule has 0 saturated heterocycles. The van der Waals surface area contributed by atoms with Gasteiger partial charge in [-0.25, -0.2) is 18.1 Å². The van der Waals surface area contributed by atoms with Crippen LogP contribution in [0, 0.1) is 23.2 Å². The average Bonchev–Trinajstić information content (AvgIpc) is 3.15. The van der Waals surface area contributed by atoms with E-state index in [9.17, 15) is 22.8 Å². The first-order chi connectivity index (χ1) is 25.0. The van der Waals surface area contributed by atoms with Gasteiger partial charge in [0.15, 0.2) is 0 Å². The van der Waals surface area contributed by atoms with Crippen LogP contribution in [0.15, 0.2) is 59.6 Å². The molecule has 1 saturated carbocycles. The number of carboxylic acids is 2. The predicted molar refractivity (Wildman–Crippen MR) is 197 cm³/mol. The lowest BCUT2D eigenvalue weighted by atomic mass is 9.82. The molecule has 15 nitrogen and oxygen atoms in total. The number of anilines is 2. The minimum Gasteiger partial charge on any atom is -0.481 e. The highest BCUT2D eigenvalue weighted by molar-refractivity contribution is 8.01. The summed E-state index contributed by atoms with van der Waals surface area (Å²) in [5.74, 6) is -1.21. The number of hydrogen-bond donors (Lipinski definition) is 6. The van der Waals surface area contributed by atoms with Gasteiger partial charge < -0.3 is 26.2 Å². The third-order valence-corrected chi connectivity index (χ3v) is 11.2. The number of aromatic nitrogens is 3. The highest BCUT2D eigenvalue weighted by Gasteiger charge is 2.24. The fraction of sp³-hybridized carbons (Fsp3) is 0.457. The zero-order chi connectivity index (χ0) is 37.3. The van der Waals surface area contributed by atoms with E-state index in [-0.39, 0.29) is 22.5 Å². The van der Waals surface area contributed by atoms with Gasteiger partial charge in [0.25, 0.3) is 0 Å². The quantitative estimate of drug-likeness (QED) is 0.0845. The normalized spacial score (nSPS) is 16.3. The third-order valence-electron chi connectivity index (χ3n) is 8.54. The van der Waals surface area contributed by atoms with Crippen molar-refractivity contribution in [1.29, 1.82) is 5.26 Å². The van der Waals surface area contributed by atoms with E-state index in [1.807, 2.05) is 30.3 Å². The van der Waals surface area contributed by atoms with Crippen molar-refractivity contribution in [2.24, 2.45) is 11.8 Å². The van der Waals surface area contributed by atoms with Crippen molar-refractivity contribution in [3.8, 4) is 17.5 Å². The van der Waals surface area contributed by atoms with Gasteiger partial charge in [-0.3, -0.25) is 19.4 Å². The highest BCUT2D eigenvalue weighted by atomic mass is 32.2. The second-order valence-corrected chi connectivity index (χ2v) is 15.5. The number of benzene rings is 1. The molecule has 0 aliphatic heterocycles. The van der Waals surface area contributed by atoms with Crippen molar-refractivity contribution < 1.29 is 33.0 Å². The maximum atomic E-state index is 12.8. The number of nitriles is 1. The van der Waals surface area contributed by atoms with Crippen molar-refractivity contribution >= 4 is 51.4 Å². The van der Waals surface area contributed by atoms with Gasteiger partial charge in [-0.05, 0) is 87.1 Å². The van der Waals surface area contributed by atoms with Crippen LogP contribution in [0.2, 0.25) is 0 Å². The molecule has 52 heavy (non-hydrogen) atoms. The van der Waals surface area contributed by atoms with Crippen LogP contribution in [-0.2, 0) is 24.4 Å². The number of thioether (sulfide) groups is 1. The molecular weight excluding hydrogens is 709 g/mol. The molecule has 0 bridgehead atoms. The molecule has 1 atom stereocenters. The van der Waals surface area contributed by atoms with Crippen LogP contribution >= 0.6 is 11.8 Å². The Morgan fingerprint density at radius 1 is 0.904 bits per heavy atom. The molecule has 1 fully saturated rings. The summed E-state index contributed by atoms with van der Waals surface area (Å²) in [6, 6.07) is 15.4. The van der Waals surface area contributed by atoms with Gasteiger partial charge in [-0.1, -0.05) is 12.1 Å². The third kappa shape index (κ3) is 13.4. The van der Waals surface area contributed by atoms with Crippen LogP contribution in [0.5, 0.6) is 0 Å². The summed E-state index contributed by atoms with van der Waals surface area (Å²) in [7, 11) is -3.69. The Morgan fingerprint density at radius 3 is 2.35 bits per heavy atom. The van der Waals surface area contributed by atoms with Crippen LogP contribution < -0.4 is 20.7 Å². The molecule has 4 rings (SSSR count). The second-order valence-electron chi connectivity index (χ2n) is 12.5. The van der Waals surface area contributed by atoms with Crippen LogP contribution in [0.25, 0.3) is 11.4 Å². The topological polar surface area (TPSA) is 236 Å². The van der Waals surface area contributed by atoms with E-state index in [0.717, 1.165) is 56.7 Å². The fourth-order valence-corrected chi connectivity index (χ4v) is 7.68. The van der Waals surface area contributed by atoms with Gasteiger partial charge in [0.2, 0.25) is 21.9 Å². The van der Waals surface area contributed by atoms with Crippen LogP contribution in [0.3, 0.4) is 0 Å². The van der Waals surface area contributed by atoms with Crippen molar-refractivity contribution in [3.05, 3.63) is 60.3 Å². The van der Waals surface area contributed by atoms with Crippen molar-refractivity contribution in [2.45, 2.75) is 61.5 Å². The Labute approximate surface area is 307 Å². The van der Waals surface area contributed by atoms with Crippen LogP contribution in [0.1, 0.15) is 56.9 Å². The van der Waals surface area contributed by atoms with Crippen LogP contribution in [-0.4, -0.2) is 88.6 Å². The monoisotopic (exact) mass is 752 g/mol. The molecular formula is C35H44N8O7S2. The Kier molecular flexibility index (Phi) is 15.6. The molecule has 278 valence electrons. The van der Waals surface area contributed by atoms with Crippen molar-refractivity contribution in [2.75, 3.05) is 42.6 Å². The molecule has 2 aromatic heterocycles. The summed E-state index contributed by atoms with van der Waals surface area (Å²) in [4.78, 5) is 48.0. The fourth-order valence-electron chi connectivity index (χ4n) is 5.66. The number of hydrogen-bond acceptors (Lipinski definition) is 12. The molecule has 1 aromatic carbocycles. The minimum absolute atomic E-state index is 0.0927. The zero-order valence-corrected chi connectivity index (χ0v) is 30.3. The average molecular weight is 753 g/mol. The Bertz CT molecular complexity index is 1800. The number of unbranched alkanes of at least 4 members (excludes halogenated alkanes) is 2. The molecule has 1 aliphatic rings. The SMILES string of the molecule is N#Cc1cccc(S(=O)(=O)NCC2CCC(CNc3nc(NCCCCCNC(=O)CSC(CC(=O)O)C(=O)O)cc(-c4ccccn4)n3)CC2)c1. The number of amides is 1. The second kappa shape index (κ2) is 20.3. The summed E-state index contributed by atoms with van der Waals surface area (Å²) in [6.45, 7) is 2.08. The van der Waals surface area contributed by atoms with E-state index in [0.29, 0.717) is 60.8 Å². The first kappa shape index (κ1) is 40.0. The first-order valence-electron chi connectivity index (χ1n) is 17.1. The number of pyridine rings is 1. The van der Waals surface area contributed by atoms with E-state index in [1.54, 1.807) is 18.3 Å². The Hall–Kier alpha value is -4.79. The lowest BCUT2D eigenvalue weighted by molar-refractivity contribution is -0.142. The molecule has 17 heteroatoms. The van der Waals surface area contributed by atoms with E-state index >= 15 is 0 Å². The number of aliphatic carboxylic acids is 2. The summed E-state index contributed by atoms with van der Waals surface area (Å²) in [5.41, 5.74) is 1.69. The van der Waals surface area contributed by atoms with Gasteiger partial charge in [-0.2, -0.15) is 10.2 Å². The summed E-state index contributed by atoms with van der Waals surface area (Å²) in [6.07, 6.45) is 7.13. The zero-order valence-electron chi connectivity index (χ0n) is 28.7. The maximum absolute atomic E-state index is 12.8. The molecule has 3 aromatic rings. The van der Waals surface area contributed by atoms with Gasteiger partial charge >= 0.3 is 11.9 Å². The number of carboxylic acid groups (broad SMARTS) is 2. The molecule has 1 aliphatic carbocycles. The van der Waals surface area contributed by atoms with Gasteiger partial charge in [0, 0.05) is 38.4 Å². The van der Waals surface area contributed by atoms with Crippen molar-refractivity contribution in [3.63, 3.8) is 0 Å². The smallest absolute Gasteiger partial charge is 0.317 e. The standard InChI is InChI=1S/C35H44N8O7S2/c36-20-26-7-6-8-27(17-26)52(49,50)41-22-25-12-10-24(11-13-25)21-40-35-42-29(28-9-2-5-14-37-28)18-31(43-35)38-15-3-1-4-16-39-32(44)23-51-30(34(47)48)19-33(45)46/h2,5-9,14,17-18,24-25,30,41H,1,3-4,10-13,15-16,19,21-23H2,(H,39,44)(H,45,46)(H,47,48)(H2,38,40,42,43). The van der Waals surface area contributed by atoms with Gasteiger partial charge in [-0.15, -0.1) is 11.8 Å². The lowest BCUT2D eigenvalue weighted by Crippen LogP contribution is -2.32. The summed E-state index contributed by atoms with van der Waals surface area (Å²) < 4.78 is 28.2. The van der Waals surface area contributed by atoms with Gasteiger partial charge in [0.05, 0.1) is 40.1 Å².